The predicted molar refractivity (Wildman–Crippen MR) is 223 cm³/mol. The van der Waals surface area contributed by atoms with Crippen LogP contribution in [0.25, 0.3) is 0 Å². The summed E-state index contributed by atoms with van der Waals surface area (Å²) in [4.78, 5) is 70.1. The van der Waals surface area contributed by atoms with Crippen LogP contribution in [0, 0.1) is 16.7 Å². The number of ether oxygens (including phenoxy) is 5. The Kier molecular flexibility index (Phi) is 13.2. The number of aliphatic hydroxyl groups excluding tert-OH is 2. The summed E-state index contributed by atoms with van der Waals surface area (Å²) in [5.41, 5.74) is -7.65. The predicted octanol–water partition coefficient (Wildman–Crippen LogP) is 4.73. The van der Waals surface area contributed by atoms with E-state index in [2.05, 4.69) is 5.32 Å². The van der Waals surface area contributed by atoms with Crippen molar-refractivity contribution >= 4 is 37.3 Å². The molecule has 4 aliphatic rings. The minimum absolute atomic E-state index is 0.000251. The van der Waals surface area contributed by atoms with E-state index in [1.807, 2.05) is 6.92 Å². The van der Waals surface area contributed by atoms with Crippen molar-refractivity contribution in [3.63, 3.8) is 0 Å². The van der Waals surface area contributed by atoms with E-state index < -0.39 is 112 Å². The third-order valence-corrected chi connectivity index (χ3v) is 13.2. The van der Waals surface area contributed by atoms with E-state index >= 15 is 4.79 Å². The Morgan fingerprint density at radius 1 is 1.00 bits per heavy atom. The van der Waals surface area contributed by atoms with Crippen molar-refractivity contribution in [2.45, 2.75) is 147 Å². The van der Waals surface area contributed by atoms with Crippen LogP contribution in [-0.4, -0.2) is 113 Å². The molecule has 6 rings (SSSR count). The number of ketones is 1. The van der Waals surface area contributed by atoms with E-state index in [1.165, 1.54) is 19.1 Å². The molecule has 3 aliphatic carbocycles. The fraction of sp³-hybridized carbons (Fsp3) is 0.587. The van der Waals surface area contributed by atoms with Crippen LogP contribution >= 0.6 is 0 Å². The van der Waals surface area contributed by atoms with Crippen LogP contribution in [0.3, 0.4) is 0 Å². The zero-order chi connectivity index (χ0) is 45.6. The summed E-state index contributed by atoms with van der Waals surface area (Å²) in [6.45, 7) is 14.2. The second-order valence-electron chi connectivity index (χ2n) is 18.6. The molecule has 2 saturated carbocycles. The fourth-order valence-corrected chi connectivity index (χ4v) is 10.0. The molecule has 335 valence electrons. The van der Waals surface area contributed by atoms with E-state index in [1.54, 1.807) is 104 Å². The SMILES string of the molecule is CCC[B]OC1C[C@H]2OC[C@@]2(OC(C)=O)[C@H]2[C@H](OC(=O)c3ccccc3)[C@]3(O)C[C@H](OC(=O)[C@H](O)[C@@H](NC(=O)OC(C)(C)C)c4ccccc4)C(C)=C([C@@H](O)C(=O)[C@]12C)C3(C)C. The van der Waals surface area contributed by atoms with Gasteiger partial charge in [0, 0.05) is 25.2 Å². The van der Waals surface area contributed by atoms with Crippen LogP contribution in [0.5, 0.6) is 0 Å². The van der Waals surface area contributed by atoms with Crippen molar-refractivity contribution in [1.29, 1.82) is 0 Å². The van der Waals surface area contributed by atoms with Crippen LogP contribution in [0.15, 0.2) is 71.8 Å². The van der Waals surface area contributed by atoms with Gasteiger partial charge in [0.25, 0.3) is 7.48 Å². The molecule has 11 atom stereocenters. The third-order valence-electron chi connectivity index (χ3n) is 13.2. The van der Waals surface area contributed by atoms with Crippen LogP contribution in [0.1, 0.15) is 104 Å². The minimum Gasteiger partial charge on any atom is -0.456 e. The number of aliphatic hydroxyl groups is 3. The average molecular weight is 861 g/mol. The van der Waals surface area contributed by atoms with Crippen molar-refractivity contribution in [2.24, 2.45) is 16.7 Å². The van der Waals surface area contributed by atoms with Gasteiger partial charge in [-0.1, -0.05) is 82.0 Å². The minimum atomic E-state index is -2.31. The molecule has 1 aliphatic heterocycles. The van der Waals surface area contributed by atoms with Crippen molar-refractivity contribution < 1.29 is 67.6 Å². The molecule has 15 nitrogen and oxygen atoms in total. The number of benzene rings is 2. The van der Waals surface area contributed by atoms with Gasteiger partial charge in [-0.05, 0) is 63.5 Å². The first-order chi connectivity index (χ1) is 29.0. The number of esters is 3. The van der Waals surface area contributed by atoms with Crippen molar-refractivity contribution in [3.05, 3.63) is 82.9 Å². The summed E-state index contributed by atoms with van der Waals surface area (Å²) < 4.78 is 36.5. The van der Waals surface area contributed by atoms with Gasteiger partial charge in [-0.2, -0.15) is 0 Å². The van der Waals surface area contributed by atoms with Gasteiger partial charge >= 0.3 is 24.0 Å². The number of alkyl carbamates (subject to hydrolysis) is 1. The molecule has 1 heterocycles. The van der Waals surface area contributed by atoms with E-state index in [9.17, 15) is 34.5 Å². The molecule has 4 N–H and O–H groups in total. The normalized spacial score (nSPS) is 32.2. The quantitative estimate of drug-likeness (QED) is 0.0747. The highest BCUT2D eigenvalue weighted by molar-refractivity contribution is 6.27. The Balaban J connectivity index is 1.51. The van der Waals surface area contributed by atoms with Gasteiger partial charge in [0.2, 0.25) is 0 Å². The summed E-state index contributed by atoms with van der Waals surface area (Å²) in [6, 6.07) is 14.9. The lowest BCUT2D eigenvalue weighted by Crippen LogP contribution is -2.82. The van der Waals surface area contributed by atoms with Crippen LogP contribution in [0.4, 0.5) is 4.79 Å². The third kappa shape index (κ3) is 8.32. The lowest BCUT2D eigenvalue weighted by Gasteiger charge is -2.68. The summed E-state index contributed by atoms with van der Waals surface area (Å²) in [7, 11) is 1.57. The highest BCUT2D eigenvalue weighted by atomic mass is 16.6. The average Bonchev–Trinajstić information content (AvgIpc) is 3.20. The summed E-state index contributed by atoms with van der Waals surface area (Å²) in [5.74, 6) is -4.99. The number of Topliss-reactive ketones (excluding diaryl/α,β-unsaturated/α-hetero) is 1. The standard InChI is InChI=1S/C46H59BNO14/c1-10-21-47-62-30-22-31-45(24-57-31,60-26(3)49)36-38(59-39(53)28-19-15-12-16-20-28)46(56)23-29(25(2)32(43(46,7)8)34(50)37(52)44(30,36)9)58-40(54)35(51)33(27-17-13-11-14-18-27)48-41(55)61-42(4,5)6/h11-20,29-31,33-36,38,50-51,56H,10,21-24H2,1-9H3,(H,48,55)/t29-,30?,31+,33-,34+,35+,36-,38-,44+,45-,46+/m0/s1. The van der Waals surface area contributed by atoms with E-state index in [-0.39, 0.29) is 29.7 Å². The Morgan fingerprint density at radius 2 is 1.63 bits per heavy atom. The number of nitrogens with one attached hydrogen (secondary N) is 1. The van der Waals surface area contributed by atoms with Gasteiger partial charge in [0.15, 0.2) is 17.5 Å². The first-order valence-corrected chi connectivity index (χ1v) is 21.2. The van der Waals surface area contributed by atoms with Gasteiger partial charge in [0.05, 0.1) is 35.6 Å². The highest BCUT2D eigenvalue weighted by Crippen LogP contribution is 2.64. The largest absolute Gasteiger partial charge is 0.456 e. The Labute approximate surface area is 363 Å². The van der Waals surface area contributed by atoms with Gasteiger partial charge in [-0.25, -0.2) is 14.4 Å². The number of hydrogen-bond donors (Lipinski definition) is 4. The van der Waals surface area contributed by atoms with Gasteiger partial charge in [-0.15, -0.1) is 0 Å². The van der Waals surface area contributed by atoms with Gasteiger partial charge < -0.3 is 49.0 Å². The van der Waals surface area contributed by atoms with Gasteiger partial charge in [-0.3, -0.25) is 9.59 Å². The van der Waals surface area contributed by atoms with E-state index in [0.717, 1.165) is 6.42 Å². The first kappa shape index (κ1) is 46.9. The molecule has 0 spiro atoms. The van der Waals surface area contributed by atoms with Crippen molar-refractivity contribution in [2.75, 3.05) is 6.61 Å². The Morgan fingerprint density at radius 3 is 2.19 bits per heavy atom. The Bertz CT molecular complexity index is 2050. The zero-order valence-corrected chi connectivity index (χ0v) is 36.8. The number of amides is 1. The Hall–Kier alpha value is -4.61. The van der Waals surface area contributed by atoms with Crippen LogP contribution in [-0.2, 0) is 42.7 Å². The fourth-order valence-electron chi connectivity index (χ4n) is 10.0. The molecule has 1 amide bonds. The monoisotopic (exact) mass is 860 g/mol. The number of carbonyl (C=O) groups is 5. The molecule has 0 aromatic heterocycles. The van der Waals surface area contributed by atoms with Crippen molar-refractivity contribution in [1.82, 2.24) is 5.32 Å². The molecule has 2 bridgehead atoms. The number of hydrogen-bond acceptors (Lipinski definition) is 14. The lowest BCUT2D eigenvalue weighted by atomic mass is 9.44. The molecule has 2 aromatic carbocycles. The molecule has 62 heavy (non-hydrogen) atoms. The summed E-state index contributed by atoms with van der Waals surface area (Å²) >= 11 is 0. The molecule has 16 heteroatoms. The summed E-state index contributed by atoms with van der Waals surface area (Å²) in [6.07, 6.45) is -9.17. The molecule has 3 fully saturated rings. The zero-order valence-electron chi connectivity index (χ0n) is 36.8. The maximum atomic E-state index is 15.4. The molecule has 1 radical (unpaired) electrons. The lowest BCUT2D eigenvalue weighted by molar-refractivity contribution is -0.344. The molecule has 1 unspecified atom stereocenters. The van der Waals surface area contributed by atoms with Crippen LogP contribution in [0.2, 0.25) is 6.32 Å². The molecule has 2 aromatic rings. The number of fused-ring (bicyclic) bond motifs is 5. The van der Waals surface area contributed by atoms with Gasteiger partial charge in [0.1, 0.15) is 35.6 Å². The molecular formula is C46H59BNO14. The second kappa shape index (κ2) is 17.5. The van der Waals surface area contributed by atoms with E-state index in [0.29, 0.717) is 11.9 Å². The highest BCUT2D eigenvalue weighted by Gasteiger charge is 2.78. The van der Waals surface area contributed by atoms with Crippen molar-refractivity contribution in [3.8, 4) is 0 Å². The first-order valence-electron chi connectivity index (χ1n) is 21.2. The summed E-state index contributed by atoms with van der Waals surface area (Å²) in [5, 5.41) is 40.4. The maximum absolute atomic E-state index is 15.4. The topological polar surface area (TPSA) is 213 Å². The molecular weight excluding hydrogens is 801 g/mol. The second-order valence-corrected chi connectivity index (χ2v) is 18.6. The maximum Gasteiger partial charge on any atom is 0.408 e. The number of carbonyl (C=O) groups excluding carboxylic acids is 5. The van der Waals surface area contributed by atoms with Crippen LogP contribution < -0.4 is 5.32 Å². The smallest absolute Gasteiger partial charge is 0.408 e. The molecule has 1 saturated heterocycles. The van der Waals surface area contributed by atoms with E-state index in [4.69, 9.17) is 28.3 Å². The number of rotatable bonds is 12.